The van der Waals surface area contributed by atoms with Crippen molar-refractivity contribution in [3.8, 4) is 0 Å². The SMILES string of the molecule is Cc1ccc(CNC(=O)Cn2c(=O)n(Cc3ccccn3)c(=O)c3ncccc32)cc1. The zero-order chi connectivity index (χ0) is 21.8. The van der Waals surface area contributed by atoms with Gasteiger partial charge in [-0.25, -0.2) is 9.78 Å². The Morgan fingerprint density at radius 3 is 2.45 bits per heavy atom. The second-order valence-electron chi connectivity index (χ2n) is 7.21. The quantitative estimate of drug-likeness (QED) is 0.516. The minimum Gasteiger partial charge on any atom is -0.350 e. The maximum atomic E-state index is 13.1. The van der Waals surface area contributed by atoms with E-state index in [0.29, 0.717) is 17.8 Å². The Balaban J connectivity index is 1.66. The lowest BCUT2D eigenvalue weighted by Crippen LogP contribution is -2.43. The Bertz CT molecular complexity index is 1340. The van der Waals surface area contributed by atoms with Crippen LogP contribution >= 0.6 is 0 Å². The molecular formula is C23H21N5O3. The molecule has 0 spiro atoms. The van der Waals surface area contributed by atoms with E-state index in [2.05, 4.69) is 15.3 Å². The lowest BCUT2D eigenvalue weighted by Gasteiger charge is -2.13. The van der Waals surface area contributed by atoms with Crippen LogP contribution in [0.15, 0.2) is 76.6 Å². The molecule has 0 aliphatic carbocycles. The predicted octanol–water partition coefficient (Wildman–Crippen LogP) is 1.63. The van der Waals surface area contributed by atoms with Crippen molar-refractivity contribution in [2.75, 3.05) is 0 Å². The van der Waals surface area contributed by atoms with E-state index in [4.69, 9.17) is 0 Å². The van der Waals surface area contributed by atoms with Gasteiger partial charge in [-0.3, -0.25) is 23.7 Å². The molecule has 156 valence electrons. The number of carbonyl (C=O) groups is 1. The second kappa shape index (κ2) is 8.74. The molecule has 1 aromatic carbocycles. The van der Waals surface area contributed by atoms with Crippen LogP contribution in [0.3, 0.4) is 0 Å². The van der Waals surface area contributed by atoms with Crippen LogP contribution in [0, 0.1) is 6.92 Å². The van der Waals surface area contributed by atoms with E-state index in [1.807, 2.05) is 31.2 Å². The summed E-state index contributed by atoms with van der Waals surface area (Å²) >= 11 is 0. The second-order valence-corrected chi connectivity index (χ2v) is 7.21. The van der Waals surface area contributed by atoms with Gasteiger partial charge in [0.1, 0.15) is 6.54 Å². The molecule has 0 fully saturated rings. The average molecular weight is 415 g/mol. The fourth-order valence-corrected chi connectivity index (χ4v) is 3.29. The van der Waals surface area contributed by atoms with Gasteiger partial charge in [-0.2, -0.15) is 0 Å². The summed E-state index contributed by atoms with van der Waals surface area (Å²) in [7, 11) is 0. The van der Waals surface area contributed by atoms with E-state index in [1.54, 1.807) is 36.5 Å². The third-order valence-corrected chi connectivity index (χ3v) is 4.95. The summed E-state index contributed by atoms with van der Waals surface area (Å²) in [6.07, 6.45) is 3.08. The van der Waals surface area contributed by atoms with Crippen LogP contribution < -0.4 is 16.6 Å². The Morgan fingerprint density at radius 2 is 1.71 bits per heavy atom. The smallest absolute Gasteiger partial charge is 0.332 e. The van der Waals surface area contributed by atoms with Crippen LogP contribution in [-0.4, -0.2) is 25.0 Å². The third kappa shape index (κ3) is 4.42. The van der Waals surface area contributed by atoms with Gasteiger partial charge in [0.05, 0.1) is 17.8 Å². The van der Waals surface area contributed by atoms with E-state index < -0.39 is 11.2 Å². The van der Waals surface area contributed by atoms with E-state index in [0.717, 1.165) is 15.7 Å². The fourth-order valence-electron chi connectivity index (χ4n) is 3.29. The van der Waals surface area contributed by atoms with Crippen molar-refractivity contribution in [1.82, 2.24) is 24.4 Å². The predicted molar refractivity (Wildman–Crippen MR) is 117 cm³/mol. The Hall–Kier alpha value is -4.07. The van der Waals surface area contributed by atoms with Gasteiger partial charge in [0.2, 0.25) is 5.91 Å². The average Bonchev–Trinajstić information content (AvgIpc) is 2.80. The van der Waals surface area contributed by atoms with Gasteiger partial charge in [0.15, 0.2) is 5.52 Å². The summed E-state index contributed by atoms with van der Waals surface area (Å²) in [5.41, 5.74) is 2.01. The number of amides is 1. The van der Waals surface area contributed by atoms with Gasteiger partial charge < -0.3 is 5.32 Å². The van der Waals surface area contributed by atoms with Gasteiger partial charge in [0, 0.05) is 18.9 Å². The molecule has 0 saturated heterocycles. The standard InChI is InChI=1S/C23H21N5O3/c1-16-7-9-17(10-8-16)13-26-20(29)15-27-19-6-4-12-25-21(19)22(30)28(23(27)31)14-18-5-2-3-11-24-18/h2-12H,13-15H2,1H3,(H,26,29). The Morgan fingerprint density at radius 1 is 0.935 bits per heavy atom. The highest BCUT2D eigenvalue weighted by Crippen LogP contribution is 2.06. The molecular weight excluding hydrogens is 394 g/mol. The third-order valence-electron chi connectivity index (χ3n) is 4.95. The van der Waals surface area contributed by atoms with Crippen LogP contribution in [0.25, 0.3) is 11.0 Å². The van der Waals surface area contributed by atoms with Crippen LogP contribution in [0.5, 0.6) is 0 Å². The molecule has 0 aliphatic rings. The number of hydrogen-bond acceptors (Lipinski definition) is 5. The molecule has 8 heteroatoms. The molecule has 4 rings (SSSR count). The van der Waals surface area contributed by atoms with Crippen molar-refractivity contribution in [2.45, 2.75) is 26.6 Å². The Labute approximate surface area is 177 Å². The van der Waals surface area contributed by atoms with Gasteiger partial charge in [-0.05, 0) is 36.8 Å². The highest BCUT2D eigenvalue weighted by atomic mass is 16.2. The minimum atomic E-state index is -0.582. The molecule has 1 amide bonds. The summed E-state index contributed by atoms with van der Waals surface area (Å²) in [6.45, 7) is 2.11. The van der Waals surface area contributed by atoms with Crippen LogP contribution in [-0.2, 0) is 24.4 Å². The number of benzene rings is 1. The van der Waals surface area contributed by atoms with Crippen molar-refractivity contribution in [1.29, 1.82) is 0 Å². The number of nitrogens with zero attached hydrogens (tertiary/aromatic N) is 4. The van der Waals surface area contributed by atoms with Gasteiger partial charge >= 0.3 is 5.69 Å². The zero-order valence-corrected chi connectivity index (χ0v) is 17.0. The van der Waals surface area contributed by atoms with Gasteiger partial charge in [-0.15, -0.1) is 0 Å². The summed E-state index contributed by atoms with van der Waals surface area (Å²) in [5, 5.41) is 2.82. The van der Waals surface area contributed by atoms with Crippen molar-refractivity contribution >= 4 is 16.9 Å². The monoisotopic (exact) mass is 415 g/mol. The lowest BCUT2D eigenvalue weighted by molar-refractivity contribution is -0.121. The molecule has 0 aliphatic heterocycles. The molecule has 0 saturated carbocycles. The number of pyridine rings is 2. The zero-order valence-electron chi connectivity index (χ0n) is 17.0. The highest BCUT2D eigenvalue weighted by molar-refractivity contribution is 5.79. The van der Waals surface area contributed by atoms with Crippen molar-refractivity contribution < 1.29 is 4.79 Å². The van der Waals surface area contributed by atoms with E-state index in [9.17, 15) is 14.4 Å². The first-order valence-electron chi connectivity index (χ1n) is 9.83. The maximum Gasteiger partial charge on any atom is 0.332 e. The van der Waals surface area contributed by atoms with Gasteiger partial charge in [-0.1, -0.05) is 35.9 Å². The van der Waals surface area contributed by atoms with Crippen molar-refractivity contribution in [3.63, 3.8) is 0 Å². The molecule has 0 atom stereocenters. The molecule has 1 N–H and O–H groups in total. The normalized spacial score (nSPS) is 10.9. The van der Waals surface area contributed by atoms with E-state index >= 15 is 0 Å². The molecule has 3 heterocycles. The molecule has 31 heavy (non-hydrogen) atoms. The van der Waals surface area contributed by atoms with Crippen LogP contribution in [0.1, 0.15) is 16.8 Å². The van der Waals surface area contributed by atoms with Crippen molar-refractivity contribution in [3.05, 3.63) is 105 Å². The van der Waals surface area contributed by atoms with E-state index in [1.165, 1.54) is 10.8 Å². The number of hydrogen-bond donors (Lipinski definition) is 1. The van der Waals surface area contributed by atoms with Crippen LogP contribution in [0.2, 0.25) is 0 Å². The lowest BCUT2D eigenvalue weighted by atomic mass is 10.1. The topological polar surface area (TPSA) is 98.9 Å². The molecule has 8 nitrogen and oxygen atoms in total. The minimum absolute atomic E-state index is 0.00396. The summed E-state index contributed by atoms with van der Waals surface area (Å²) in [5.74, 6) is -0.337. The van der Waals surface area contributed by atoms with Gasteiger partial charge in [0.25, 0.3) is 5.56 Å². The summed E-state index contributed by atoms with van der Waals surface area (Å²) in [4.78, 5) is 47.0. The number of aromatic nitrogens is 4. The van der Waals surface area contributed by atoms with Crippen molar-refractivity contribution in [2.24, 2.45) is 0 Å². The molecule has 3 aromatic heterocycles. The first-order chi connectivity index (χ1) is 15.0. The first-order valence-corrected chi connectivity index (χ1v) is 9.83. The first kappa shape index (κ1) is 20.2. The number of rotatable bonds is 6. The van der Waals surface area contributed by atoms with E-state index in [-0.39, 0.29) is 24.5 Å². The Kier molecular flexibility index (Phi) is 5.70. The molecule has 0 unspecified atom stereocenters. The number of carbonyl (C=O) groups excluding carboxylic acids is 1. The molecule has 4 aromatic rings. The summed E-state index contributed by atoms with van der Waals surface area (Å²) in [6, 6.07) is 16.3. The molecule has 0 radical (unpaired) electrons. The number of nitrogens with one attached hydrogen (secondary N) is 1. The largest absolute Gasteiger partial charge is 0.350 e. The van der Waals surface area contributed by atoms with Crippen LogP contribution in [0.4, 0.5) is 0 Å². The highest BCUT2D eigenvalue weighted by Gasteiger charge is 2.16. The maximum absolute atomic E-state index is 13.1. The number of aryl methyl sites for hydroxylation is 1. The summed E-state index contributed by atoms with van der Waals surface area (Å²) < 4.78 is 2.34. The molecule has 0 bridgehead atoms. The fraction of sp³-hybridized carbons (Fsp3) is 0.174. The number of fused-ring (bicyclic) bond motifs is 1.